The van der Waals surface area contributed by atoms with Gasteiger partial charge in [-0.15, -0.1) is 0 Å². The third kappa shape index (κ3) is 4.18. The highest BCUT2D eigenvalue weighted by atomic mass is 16.3. The van der Waals surface area contributed by atoms with Crippen molar-refractivity contribution in [2.75, 3.05) is 37.6 Å². The lowest BCUT2D eigenvalue weighted by atomic mass is 10.0. The number of pyridine rings is 2. The van der Waals surface area contributed by atoms with Crippen molar-refractivity contribution in [1.82, 2.24) is 29.3 Å². The number of aromatic nitrogens is 5. The lowest BCUT2D eigenvalue weighted by Crippen LogP contribution is -2.48. The van der Waals surface area contributed by atoms with Crippen molar-refractivity contribution >= 4 is 11.3 Å². The standard InChI is InChI=1S/C24H26N8O/c1-17(33)14-30-5-7-31(8-6-30)23-4-3-18(11-26-23)22-9-19(21-13-27-29(2)15-21)16-32-24(22)20(10-25)12-28-32/h3-4,9,11-13,15-17,33H,5-8,14H2,1-2H3/t17-/m1/s1. The van der Waals surface area contributed by atoms with Crippen molar-refractivity contribution in [2.45, 2.75) is 13.0 Å². The van der Waals surface area contributed by atoms with Crippen LogP contribution in [-0.4, -0.2) is 73.2 Å². The van der Waals surface area contributed by atoms with E-state index in [-0.39, 0.29) is 6.10 Å². The summed E-state index contributed by atoms with van der Waals surface area (Å²) >= 11 is 0. The Kier molecular flexibility index (Phi) is 5.54. The molecule has 33 heavy (non-hydrogen) atoms. The molecular weight excluding hydrogens is 416 g/mol. The van der Waals surface area contributed by atoms with Crippen LogP contribution < -0.4 is 4.90 Å². The first-order valence-electron chi connectivity index (χ1n) is 11.0. The zero-order valence-corrected chi connectivity index (χ0v) is 18.8. The minimum Gasteiger partial charge on any atom is -0.392 e. The molecule has 1 N–H and O–H groups in total. The van der Waals surface area contributed by atoms with Crippen LogP contribution in [0.25, 0.3) is 27.8 Å². The highest BCUT2D eigenvalue weighted by Gasteiger charge is 2.20. The van der Waals surface area contributed by atoms with Crippen LogP contribution in [0, 0.1) is 11.3 Å². The van der Waals surface area contributed by atoms with E-state index in [0.29, 0.717) is 12.1 Å². The van der Waals surface area contributed by atoms with E-state index < -0.39 is 0 Å². The van der Waals surface area contributed by atoms with Gasteiger partial charge in [0.25, 0.3) is 0 Å². The van der Waals surface area contributed by atoms with Gasteiger partial charge in [-0.1, -0.05) is 0 Å². The molecule has 1 aliphatic heterocycles. The molecule has 0 saturated carbocycles. The van der Waals surface area contributed by atoms with Gasteiger partial charge in [0.1, 0.15) is 11.9 Å². The minimum absolute atomic E-state index is 0.310. The van der Waals surface area contributed by atoms with Gasteiger partial charge in [-0.3, -0.25) is 9.58 Å². The Bertz CT molecular complexity index is 1310. The van der Waals surface area contributed by atoms with Crippen LogP contribution in [0.1, 0.15) is 12.5 Å². The highest BCUT2D eigenvalue weighted by molar-refractivity contribution is 5.87. The van der Waals surface area contributed by atoms with Gasteiger partial charge < -0.3 is 10.0 Å². The first-order valence-corrected chi connectivity index (χ1v) is 11.0. The number of nitrogens with zero attached hydrogens (tertiary/aromatic N) is 8. The number of hydrogen-bond acceptors (Lipinski definition) is 7. The number of aliphatic hydroxyl groups excluding tert-OH is 1. The zero-order chi connectivity index (χ0) is 22.9. The average molecular weight is 443 g/mol. The van der Waals surface area contributed by atoms with Crippen LogP contribution in [0.3, 0.4) is 0 Å². The summed E-state index contributed by atoms with van der Waals surface area (Å²) in [6.45, 7) is 6.09. The fourth-order valence-corrected chi connectivity index (χ4v) is 4.42. The smallest absolute Gasteiger partial charge is 0.128 e. The van der Waals surface area contributed by atoms with Crippen LogP contribution in [-0.2, 0) is 7.05 Å². The van der Waals surface area contributed by atoms with Crippen LogP contribution in [0.5, 0.6) is 0 Å². The molecule has 0 spiro atoms. The van der Waals surface area contributed by atoms with Crippen molar-refractivity contribution in [3.05, 3.63) is 54.7 Å². The van der Waals surface area contributed by atoms with Crippen molar-refractivity contribution in [2.24, 2.45) is 7.05 Å². The summed E-state index contributed by atoms with van der Waals surface area (Å²) in [6.07, 6.45) is 8.85. The van der Waals surface area contributed by atoms with E-state index in [1.54, 1.807) is 15.4 Å². The number of nitriles is 1. The molecule has 168 valence electrons. The maximum atomic E-state index is 9.62. The summed E-state index contributed by atoms with van der Waals surface area (Å²) in [4.78, 5) is 9.29. The van der Waals surface area contributed by atoms with E-state index in [9.17, 15) is 10.4 Å². The van der Waals surface area contributed by atoms with Crippen molar-refractivity contribution in [3.8, 4) is 28.3 Å². The van der Waals surface area contributed by atoms with Crippen molar-refractivity contribution in [1.29, 1.82) is 5.26 Å². The third-order valence-corrected chi connectivity index (χ3v) is 6.05. The first kappa shape index (κ1) is 21.1. The number of fused-ring (bicyclic) bond motifs is 1. The Labute approximate surface area is 192 Å². The van der Waals surface area contributed by atoms with Gasteiger partial charge in [-0.25, -0.2) is 9.50 Å². The predicted molar refractivity (Wildman–Crippen MR) is 126 cm³/mol. The predicted octanol–water partition coefficient (Wildman–Crippen LogP) is 2.17. The van der Waals surface area contributed by atoms with E-state index in [4.69, 9.17) is 4.98 Å². The second kappa shape index (κ2) is 8.65. The van der Waals surface area contributed by atoms with E-state index in [1.807, 2.05) is 44.8 Å². The van der Waals surface area contributed by atoms with E-state index >= 15 is 0 Å². The van der Waals surface area contributed by atoms with Crippen LogP contribution in [0.4, 0.5) is 5.82 Å². The second-order valence-corrected chi connectivity index (χ2v) is 8.55. The highest BCUT2D eigenvalue weighted by Crippen LogP contribution is 2.32. The molecule has 1 fully saturated rings. The molecule has 0 bridgehead atoms. The number of aliphatic hydroxyl groups is 1. The van der Waals surface area contributed by atoms with E-state index in [0.717, 1.165) is 59.8 Å². The summed E-state index contributed by atoms with van der Waals surface area (Å²) in [5.41, 5.74) is 5.09. The Morgan fingerprint density at radius 2 is 1.85 bits per heavy atom. The Balaban J connectivity index is 1.46. The monoisotopic (exact) mass is 442 g/mol. The molecule has 9 heteroatoms. The summed E-state index contributed by atoms with van der Waals surface area (Å²) in [6, 6.07) is 8.42. The third-order valence-electron chi connectivity index (χ3n) is 6.05. The quantitative estimate of drug-likeness (QED) is 0.506. The molecule has 0 aliphatic carbocycles. The zero-order valence-electron chi connectivity index (χ0n) is 18.8. The number of anilines is 1. The van der Waals surface area contributed by atoms with E-state index in [1.165, 1.54) is 0 Å². The Morgan fingerprint density at radius 1 is 1.03 bits per heavy atom. The fraction of sp³-hybridized carbons (Fsp3) is 0.333. The number of piperazine rings is 1. The maximum Gasteiger partial charge on any atom is 0.128 e. The number of aryl methyl sites for hydroxylation is 1. The van der Waals surface area contributed by atoms with E-state index in [2.05, 4.69) is 38.2 Å². The molecule has 1 atom stereocenters. The molecule has 0 unspecified atom stereocenters. The molecule has 0 radical (unpaired) electrons. The number of rotatable bonds is 5. The van der Waals surface area contributed by atoms with Gasteiger partial charge in [-0.05, 0) is 25.1 Å². The summed E-state index contributed by atoms with van der Waals surface area (Å²) in [7, 11) is 1.89. The van der Waals surface area contributed by atoms with Crippen molar-refractivity contribution < 1.29 is 5.11 Å². The molecule has 4 aromatic heterocycles. The number of β-amino-alcohol motifs (C(OH)–C–C–N with tert-alkyl or cyclic N) is 1. The van der Waals surface area contributed by atoms with Gasteiger partial charge in [0.15, 0.2) is 0 Å². The molecule has 0 aromatic carbocycles. The van der Waals surface area contributed by atoms with Crippen LogP contribution >= 0.6 is 0 Å². The minimum atomic E-state index is -0.310. The number of hydrogen-bond donors (Lipinski definition) is 1. The lowest BCUT2D eigenvalue weighted by molar-refractivity contribution is 0.122. The maximum absolute atomic E-state index is 9.62. The molecule has 5 rings (SSSR count). The van der Waals surface area contributed by atoms with Crippen LogP contribution in [0.2, 0.25) is 0 Å². The molecule has 0 amide bonds. The van der Waals surface area contributed by atoms with Gasteiger partial charge >= 0.3 is 0 Å². The SMILES string of the molecule is C[C@@H](O)CN1CCN(c2ccc(-c3cc(-c4cnn(C)c4)cn4ncc(C#N)c34)cn2)CC1. The first-order chi connectivity index (χ1) is 16.0. The molecule has 4 aromatic rings. The molecular formula is C24H26N8O. The molecule has 9 nitrogen and oxygen atoms in total. The second-order valence-electron chi connectivity index (χ2n) is 8.55. The summed E-state index contributed by atoms with van der Waals surface area (Å²) in [5.74, 6) is 0.934. The summed E-state index contributed by atoms with van der Waals surface area (Å²) < 4.78 is 3.52. The van der Waals surface area contributed by atoms with Gasteiger partial charge in [0.2, 0.25) is 0 Å². The van der Waals surface area contributed by atoms with Gasteiger partial charge in [-0.2, -0.15) is 15.5 Å². The fourth-order valence-electron chi connectivity index (χ4n) is 4.42. The Morgan fingerprint density at radius 3 is 2.48 bits per heavy atom. The molecule has 1 aliphatic rings. The largest absolute Gasteiger partial charge is 0.392 e. The van der Waals surface area contributed by atoms with Crippen molar-refractivity contribution in [3.63, 3.8) is 0 Å². The Hall–Kier alpha value is -3.74. The lowest BCUT2D eigenvalue weighted by Gasteiger charge is -2.35. The topological polar surface area (TPSA) is 98.5 Å². The molecule has 1 saturated heterocycles. The summed E-state index contributed by atoms with van der Waals surface area (Å²) in [5, 5.41) is 27.9. The normalized spacial score (nSPS) is 15.6. The molecule has 5 heterocycles. The van der Waals surface area contributed by atoms with Crippen LogP contribution in [0.15, 0.2) is 49.2 Å². The van der Waals surface area contributed by atoms with Gasteiger partial charge in [0.05, 0.1) is 29.6 Å². The average Bonchev–Trinajstić information content (AvgIpc) is 3.44. The van der Waals surface area contributed by atoms with Gasteiger partial charge in [0, 0.05) is 80.6 Å².